The van der Waals surface area contributed by atoms with Gasteiger partial charge in [0.25, 0.3) is 0 Å². The van der Waals surface area contributed by atoms with E-state index >= 15 is 0 Å². The number of anilines is 1. The van der Waals surface area contributed by atoms with Crippen molar-refractivity contribution < 1.29 is 9.84 Å². The fourth-order valence-electron chi connectivity index (χ4n) is 4.22. The molecule has 0 saturated heterocycles. The van der Waals surface area contributed by atoms with Gasteiger partial charge in [0.2, 0.25) is 0 Å². The van der Waals surface area contributed by atoms with E-state index in [1.54, 1.807) is 7.11 Å². The van der Waals surface area contributed by atoms with Gasteiger partial charge in [-0.05, 0) is 53.3 Å². The molecule has 0 radical (unpaired) electrons. The molecule has 138 valence electrons. The van der Waals surface area contributed by atoms with Crippen LogP contribution in [0.15, 0.2) is 78.9 Å². The number of fused-ring (bicyclic) bond motifs is 1. The number of nitrogens with one attached hydrogen (secondary N) is 1. The van der Waals surface area contributed by atoms with Gasteiger partial charge in [-0.3, -0.25) is 0 Å². The number of rotatable bonds is 5. The Balaban J connectivity index is 1.73. The smallest absolute Gasteiger partial charge is 0.118 e. The maximum Gasteiger partial charge on any atom is 0.118 e. The Bertz CT molecular complexity index is 876. The third-order valence-corrected chi connectivity index (χ3v) is 5.63. The molecule has 0 fully saturated rings. The van der Waals surface area contributed by atoms with Crippen LogP contribution in [0.25, 0.3) is 0 Å². The van der Waals surface area contributed by atoms with Gasteiger partial charge in [-0.15, -0.1) is 0 Å². The van der Waals surface area contributed by atoms with E-state index < -0.39 is 0 Å². The van der Waals surface area contributed by atoms with Gasteiger partial charge < -0.3 is 15.2 Å². The van der Waals surface area contributed by atoms with Crippen LogP contribution < -0.4 is 10.1 Å². The molecule has 1 aliphatic rings. The van der Waals surface area contributed by atoms with Gasteiger partial charge in [0.05, 0.1) is 13.2 Å². The highest BCUT2D eigenvalue weighted by atomic mass is 16.5. The lowest BCUT2D eigenvalue weighted by Crippen LogP contribution is -2.35. The molecule has 0 aromatic heterocycles. The van der Waals surface area contributed by atoms with Crippen LogP contribution in [0.5, 0.6) is 5.75 Å². The molecule has 0 unspecified atom stereocenters. The second-order valence-electron chi connectivity index (χ2n) is 7.12. The van der Waals surface area contributed by atoms with Crippen LogP contribution in [0.4, 0.5) is 5.69 Å². The molecule has 3 aromatic rings. The first-order valence-corrected chi connectivity index (χ1v) is 9.44. The fraction of sp³-hybridized carbons (Fsp3) is 0.250. The normalized spacial score (nSPS) is 21.3. The number of aliphatic hydroxyl groups excluding tert-OH is 1. The van der Waals surface area contributed by atoms with E-state index in [4.69, 9.17) is 4.74 Å². The van der Waals surface area contributed by atoms with E-state index in [-0.39, 0.29) is 24.5 Å². The lowest BCUT2D eigenvalue weighted by atomic mass is 9.70. The Morgan fingerprint density at radius 2 is 1.63 bits per heavy atom. The Morgan fingerprint density at radius 1 is 0.926 bits per heavy atom. The van der Waals surface area contributed by atoms with Crippen LogP contribution >= 0.6 is 0 Å². The summed E-state index contributed by atoms with van der Waals surface area (Å²) < 4.78 is 5.30. The van der Waals surface area contributed by atoms with Crippen molar-refractivity contribution in [1.29, 1.82) is 0 Å². The predicted molar refractivity (Wildman–Crippen MR) is 109 cm³/mol. The topological polar surface area (TPSA) is 41.5 Å². The second-order valence-corrected chi connectivity index (χ2v) is 7.12. The van der Waals surface area contributed by atoms with Gasteiger partial charge in [0.15, 0.2) is 0 Å². The number of aliphatic hydroxyl groups is 1. The summed E-state index contributed by atoms with van der Waals surface area (Å²) in [5.41, 5.74) is 4.94. The molecule has 0 heterocycles. The van der Waals surface area contributed by atoms with Gasteiger partial charge in [-0.1, -0.05) is 54.6 Å². The minimum Gasteiger partial charge on any atom is -0.497 e. The quantitative estimate of drug-likeness (QED) is 0.688. The first-order chi connectivity index (χ1) is 13.3. The number of hydrogen-bond donors (Lipinski definition) is 2. The van der Waals surface area contributed by atoms with Crippen molar-refractivity contribution in [2.24, 2.45) is 5.92 Å². The van der Waals surface area contributed by atoms with Crippen LogP contribution in [-0.4, -0.2) is 18.8 Å². The Labute approximate surface area is 160 Å². The third kappa shape index (κ3) is 3.56. The van der Waals surface area contributed by atoms with Gasteiger partial charge in [0, 0.05) is 18.2 Å². The van der Waals surface area contributed by atoms with E-state index in [1.807, 2.05) is 30.3 Å². The standard InChI is InChI=1S/C24H25NO2/c1-27-20-13-11-17(12-14-20)22-15-18-7-5-6-10-21(18)24(23(22)16-26)25-19-8-3-2-4-9-19/h2-14,22-26H,15-16H2,1H3/t22-,23-,24+/m0/s1. The Kier molecular flexibility index (Phi) is 5.12. The van der Waals surface area contributed by atoms with Crippen molar-refractivity contribution in [1.82, 2.24) is 0 Å². The molecule has 0 spiro atoms. The van der Waals surface area contributed by atoms with Crippen molar-refractivity contribution in [2.45, 2.75) is 18.4 Å². The summed E-state index contributed by atoms with van der Waals surface area (Å²) in [6.45, 7) is 0.134. The van der Waals surface area contributed by atoms with Crippen molar-refractivity contribution in [3.63, 3.8) is 0 Å². The van der Waals surface area contributed by atoms with E-state index in [9.17, 15) is 5.11 Å². The number of ether oxygens (including phenoxy) is 1. The van der Waals surface area contributed by atoms with Crippen LogP contribution in [0.2, 0.25) is 0 Å². The summed E-state index contributed by atoms with van der Waals surface area (Å²) in [6, 6.07) is 27.1. The summed E-state index contributed by atoms with van der Waals surface area (Å²) in [7, 11) is 1.68. The molecule has 4 rings (SSSR count). The summed E-state index contributed by atoms with van der Waals surface area (Å²) in [6.07, 6.45) is 0.931. The van der Waals surface area contributed by atoms with Gasteiger partial charge in [0.1, 0.15) is 5.75 Å². The number of methoxy groups -OCH3 is 1. The minimum atomic E-state index is 0.0643. The molecular weight excluding hydrogens is 334 g/mol. The summed E-state index contributed by atoms with van der Waals surface area (Å²) in [5.74, 6) is 1.19. The lowest BCUT2D eigenvalue weighted by molar-refractivity contribution is 0.178. The highest BCUT2D eigenvalue weighted by molar-refractivity contribution is 5.49. The maximum atomic E-state index is 10.3. The highest BCUT2D eigenvalue weighted by Crippen LogP contribution is 2.44. The monoisotopic (exact) mass is 359 g/mol. The molecule has 0 bridgehead atoms. The predicted octanol–water partition coefficient (Wildman–Crippen LogP) is 4.80. The van der Waals surface area contributed by atoms with Crippen LogP contribution in [0.1, 0.15) is 28.7 Å². The zero-order chi connectivity index (χ0) is 18.6. The average molecular weight is 359 g/mol. The average Bonchev–Trinajstić information content (AvgIpc) is 2.74. The molecule has 3 heteroatoms. The maximum absolute atomic E-state index is 10.3. The van der Waals surface area contributed by atoms with Crippen molar-refractivity contribution in [3.05, 3.63) is 95.6 Å². The summed E-state index contributed by atoms with van der Waals surface area (Å²) >= 11 is 0. The summed E-state index contributed by atoms with van der Waals surface area (Å²) in [4.78, 5) is 0. The lowest BCUT2D eigenvalue weighted by Gasteiger charge is -2.40. The largest absolute Gasteiger partial charge is 0.497 e. The molecule has 0 aliphatic heterocycles. The number of para-hydroxylation sites is 1. The molecule has 3 aromatic carbocycles. The molecule has 1 aliphatic carbocycles. The Hall–Kier alpha value is -2.78. The molecule has 3 nitrogen and oxygen atoms in total. The van der Waals surface area contributed by atoms with E-state index in [0.29, 0.717) is 0 Å². The first kappa shape index (κ1) is 17.6. The highest BCUT2D eigenvalue weighted by Gasteiger charge is 2.37. The second kappa shape index (κ2) is 7.85. The molecule has 2 N–H and O–H groups in total. The SMILES string of the molecule is COc1ccc([C@@H]2Cc3ccccc3[C@@H](Nc3ccccc3)[C@H]2CO)cc1. The van der Waals surface area contributed by atoms with Crippen LogP contribution in [0.3, 0.4) is 0 Å². The molecule has 0 saturated carbocycles. The molecule has 3 atom stereocenters. The van der Waals surface area contributed by atoms with E-state index in [1.165, 1.54) is 16.7 Å². The van der Waals surface area contributed by atoms with E-state index in [2.05, 4.69) is 53.8 Å². The van der Waals surface area contributed by atoms with Gasteiger partial charge >= 0.3 is 0 Å². The summed E-state index contributed by atoms with van der Waals surface area (Å²) in [5, 5.41) is 14.0. The zero-order valence-electron chi connectivity index (χ0n) is 15.5. The number of hydrogen-bond acceptors (Lipinski definition) is 3. The minimum absolute atomic E-state index is 0.0643. The van der Waals surface area contributed by atoms with Crippen LogP contribution in [-0.2, 0) is 6.42 Å². The van der Waals surface area contributed by atoms with Crippen molar-refractivity contribution in [2.75, 3.05) is 19.0 Å². The molecule has 27 heavy (non-hydrogen) atoms. The van der Waals surface area contributed by atoms with Gasteiger partial charge in [-0.25, -0.2) is 0 Å². The van der Waals surface area contributed by atoms with Crippen molar-refractivity contribution >= 4 is 5.69 Å². The van der Waals surface area contributed by atoms with Crippen LogP contribution in [0, 0.1) is 5.92 Å². The Morgan fingerprint density at radius 3 is 2.33 bits per heavy atom. The third-order valence-electron chi connectivity index (χ3n) is 5.63. The fourth-order valence-corrected chi connectivity index (χ4v) is 4.22. The van der Waals surface area contributed by atoms with Gasteiger partial charge in [-0.2, -0.15) is 0 Å². The number of benzene rings is 3. The molecule has 0 amide bonds. The zero-order valence-corrected chi connectivity index (χ0v) is 15.5. The van der Waals surface area contributed by atoms with E-state index in [0.717, 1.165) is 17.9 Å². The molecular formula is C24H25NO2. The van der Waals surface area contributed by atoms with Crippen molar-refractivity contribution in [3.8, 4) is 5.75 Å². The first-order valence-electron chi connectivity index (χ1n) is 9.44.